The maximum absolute atomic E-state index is 2.37. The summed E-state index contributed by atoms with van der Waals surface area (Å²) in [5, 5.41) is 2.82. The van der Waals surface area contributed by atoms with Crippen LogP contribution in [0.1, 0.15) is 6.92 Å². The highest BCUT2D eigenvalue weighted by Crippen LogP contribution is 2.54. The van der Waals surface area contributed by atoms with Gasteiger partial charge in [-0.1, -0.05) is 60.7 Å². The highest BCUT2D eigenvalue weighted by atomic mass is 31.2. The van der Waals surface area contributed by atoms with Crippen LogP contribution < -0.4 is 10.6 Å². The van der Waals surface area contributed by atoms with Gasteiger partial charge in [-0.25, -0.2) is 0 Å². The molecule has 0 fully saturated rings. The van der Waals surface area contributed by atoms with E-state index in [4.69, 9.17) is 0 Å². The lowest BCUT2D eigenvalue weighted by Gasteiger charge is -2.18. The van der Waals surface area contributed by atoms with Crippen molar-refractivity contribution in [1.82, 2.24) is 0 Å². The Morgan fingerprint density at radius 2 is 1.14 bits per heavy atom. The van der Waals surface area contributed by atoms with Gasteiger partial charge in [-0.2, -0.15) is 0 Å². The largest absolute Gasteiger partial charge is 0.103 e. The molecule has 0 aliphatic heterocycles. The van der Waals surface area contributed by atoms with Crippen molar-refractivity contribution in [2.45, 2.75) is 6.92 Å². The normalized spacial score (nSPS) is 12.7. The van der Waals surface area contributed by atoms with Gasteiger partial charge in [-0.05, 0) is 37.3 Å². The summed E-state index contributed by atoms with van der Waals surface area (Å²) in [6.45, 7) is 4.40. The summed E-state index contributed by atoms with van der Waals surface area (Å²) in [6, 6.07) is 21.6. The second-order valence-corrected chi connectivity index (χ2v) is 8.48. The Bertz CT molecular complexity index is 582. The number of hydrogen-bond acceptors (Lipinski definition) is 0. The SMILES string of the molecule is C\C=C/C=C\C=C\[P+](C)(c1ccccc1)c1ccccc1. The zero-order valence-electron chi connectivity index (χ0n) is 12.7. The Morgan fingerprint density at radius 3 is 1.62 bits per heavy atom. The molecule has 1 heteroatoms. The summed E-state index contributed by atoms with van der Waals surface area (Å²) < 4.78 is 0. The van der Waals surface area contributed by atoms with Gasteiger partial charge in [0.2, 0.25) is 0 Å². The van der Waals surface area contributed by atoms with Gasteiger partial charge in [-0.3, -0.25) is 0 Å². The first kappa shape index (κ1) is 15.5. The number of rotatable bonds is 5. The average Bonchev–Trinajstić information content (AvgIpc) is 2.56. The molecular formula is C20H22P+. The fraction of sp³-hybridized carbons (Fsp3) is 0.100. The summed E-state index contributed by atoms with van der Waals surface area (Å²) >= 11 is 0. The monoisotopic (exact) mass is 293 g/mol. The molecule has 0 saturated carbocycles. The van der Waals surface area contributed by atoms with Gasteiger partial charge in [0, 0.05) is 0 Å². The summed E-state index contributed by atoms with van der Waals surface area (Å²) in [5.41, 5.74) is 0. The van der Waals surface area contributed by atoms with Crippen molar-refractivity contribution in [3.05, 3.63) is 96.9 Å². The first-order valence-electron chi connectivity index (χ1n) is 7.22. The minimum Gasteiger partial charge on any atom is -0.0877 e. The van der Waals surface area contributed by atoms with Crippen molar-refractivity contribution in [1.29, 1.82) is 0 Å². The maximum atomic E-state index is 2.37. The van der Waals surface area contributed by atoms with Crippen molar-refractivity contribution in [2.24, 2.45) is 0 Å². The van der Waals surface area contributed by atoms with Crippen LogP contribution in [-0.4, -0.2) is 6.66 Å². The minimum atomic E-state index is -1.48. The van der Waals surface area contributed by atoms with Crippen molar-refractivity contribution >= 4 is 17.9 Å². The van der Waals surface area contributed by atoms with Crippen LogP contribution >= 0.6 is 7.26 Å². The highest BCUT2D eigenvalue weighted by Gasteiger charge is 2.34. The van der Waals surface area contributed by atoms with E-state index in [0.29, 0.717) is 0 Å². The zero-order chi connectivity index (χ0) is 15.0. The molecule has 0 radical (unpaired) electrons. The van der Waals surface area contributed by atoms with Crippen LogP contribution in [0.3, 0.4) is 0 Å². The van der Waals surface area contributed by atoms with Crippen LogP contribution in [0.15, 0.2) is 96.9 Å². The molecule has 106 valence electrons. The van der Waals surface area contributed by atoms with E-state index in [1.165, 1.54) is 10.6 Å². The quantitative estimate of drug-likeness (QED) is 0.541. The van der Waals surface area contributed by atoms with Gasteiger partial charge < -0.3 is 0 Å². The molecule has 0 amide bonds. The van der Waals surface area contributed by atoms with Crippen LogP contribution in [0.5, 0.6) is 0 Å². The molecule has 0 bridgehead atoms. The van der Waals surface area contributed by atoms with Crippen LogP contribution in [0.4, 0.5) is 0 Å². The second kappa shape index (κ2) is 7.76. The molecule has 0 spiro atoms. The molecule has 0 unspecified atom stereocenters. The van der Waals surface area contributed by atoms with Gasteiger partial charge in [-0.15, -0.1) is 0 Å². The molecule has 2 aromatic carbocycles. The fourth-order valence-electron chi connectivity index (χ4n) is 2.26. The molecule has 0 saturated heterocycles. The lowest BCUT2D eigenvalue weighted by Crippen LogP contribution is -2.19. The summed E-state index contributed by atoms with van der Waals surface area (Å²) in [6.07, 6.45) is 10.4. The number of hydrogen-bond donors (Lipinski definition) is 0. The first-order chi connectivity index (χ1) is 10.3. The molecule has 2 aromatic rings. The van der Waals surface area contributed by atoms with Crippen molar-refractivity contribution < 1.29 is 0 Å². The van der Waals surface area contributed by atoms with Crippen LogP contribution in [0.25, 0.3) is 0 Å². The lowest BCUT2D eigenvalue weighted by molar-refractivity contribution is 1.73. The Balaban J connectivity index is 2.40. The Hall–Kier alpha value is -1.91. The number of allylic oxidation sites excluding steroid dienone is 5. The zero-order valence-corrected chi connectivity index (χ0v) is 13.6. The van der Waals surface area contributed by atoms with Gasteiger partial charge in [0.1, 0.15) is 17.9 Å². The van der Waals surface area contributed by atoms with Crippen LogP contribution in [-0.2, 0) is 0 Å². The molecule has 0 nitrogen and oxygen atoms in total. The van der Waals surface area contributed by atoms with E-state index in [-0.39, 0.29) is 0 Å². The van der Waals surface area contributed by atoms with Gasteiger partial charge in [0.05, 0.1) is 12.5 Å². The van der Waals surface area contributed by atoms with Crippen LogP contribution in [0.2, 0.25) is 0 Å². The smallest absolute Gasteiger partial charge is 0.0877 e. The average molecular weight is 293 g/mol. The molecular weight excluding hydrogens is 271 g/mol. The summed E-state index contributed by atoms with van der Waals surface area (Å²) in [5.74, 6) is 2.37. The third kappa shape index (κ3) is 4.03. The Kier molecular flexibility index (Phi) is 5.72. The third-order valence-electron chi connectivity index (χ3n) is 3.50. The van der Waals surface area contributed by atoms with E-state index < -0.39 is 7.26 Å². The van der Waals surface area contributed by atoms with Gasteiger partial charge in [0.15, 0.2) is 0 Å². The molecule has 21 heavy (non-hydrogen) atoms. The number of benzene rings is 2. The molecule has 0 aliphatic rings. The Morgan fingerprint density at radius 1 is 0.667 bits per heavy atom. The second-order valence-electron chi connectivity index (χ2n) is 5.00. The van der Waals surface area contributed by atoms with Crippen molar-refractivity contribution in [3.63, 3.8) is 0 Å². The molecule has 0 atom stereocenters. The van der Waals surface area contributed by atoms with Crippen LogP contribution in [0, 0.1) is 0 Å². The molecule has 0 aliphatic carbocycles. The van der Waals surface area contributed by atoms with E-state index in [1.807, 2.05) is 19.1 Å². The minimum absolute atomic E-state index is 1.41. The maximum Gasteiger partial charge on any atom is 0.103 e. The molecule has 0 aromatic heterocycles. The van der Waals surface area contributed by atoms with Crippen molar-refractivity contribution in [2.75, 3.05) is 6.66 Å². The third-order valence-corrected chi connectivity index (χ3v) is 7.01. The predicted octanol–water partition coefficient (Wildman–Crippen LogP) is 4.93. The van der Waals surface area contributed by atoms with Gasteiger partial charge >= 0.3 is 0 Å². The Labute approximate surface area is 128 Å². The van der Waals surface area contributed by atoms with E-state index in [0.717, 1.165) is 0 Å². The summed E-state index contributed by atoms with van der Waals surface area (Å²) in [4.78, 5) is 0. The van der Waals surface area contributed by atoms with E-state index in [1.54, 1.807) is 0 Å². The molecule has 0 heterocycles. The lowest BCUT2D eigenvalue weighted by atomic mass is 10.4. The van der Waals surface area contributed by atoms with Crippen molar-refractivity contribution in [3.8, 4) is 0 Å². The molecule has 0 N–H and O–H groups in total. The van der Waals surface area contributed by atoms with E-state index >= 15 is 0 Å². The highest BCUT2D eigenvalue weighted by molar-refractivity contribution is 7.91. The van der Waals surface area contributed by atoms with Gasteiger partial charge in [0.25, 0.3) is 0 Å². The molecule has 2 rings (SSSR count). The fourth-order valence-corrected chi connectivity index (χ4v) is 4.93. The predicted molar refractivity (Wildman–Crippen MR) is 98.1 cm³/mol. The standard InChI is InChI=1S/C20H22P/c1-3-4-5-6-13-18-21(2,19-14-9-7-10-15-19)20-16-11-8-12-17-20/h3-18H,1-2H3/q+1/b4-3-,6-5-,18-13+. The first-order valence-corrected chi connectivity index (χ1v) is 9.52. The van der Waals surface area contributed by atoms with E-state index in [9.17, 15) is 0 Å². The van der Waals surface area contributed by atoms with E-state index in [2.05, 4.69) is 91.4 Å². The topological polar surface area (TPSA) is 0 Å². The summed E-state index contributed by atoms with van der Waals surface area (Å²) in [7, 11) is -1.48.